The highest BCUT2D eigenvalue weighted by Crippen LogP contribution is 2.53. The van der Waals surface area contributed by atoms with Gasteiger partial charge in [-0.25, -0.2) is 0 Å². The van der Waals surface area contributed by atoms with E-state index in [0.717, 1.165) is 25.0 Å². The molecule has 0 spiro atoms. The van der Waals surface area contributed by atoms with Crippen molar-refractivity contribution in [3.8, 4) is 0 Å². The zero-order valence-electron chi connectivity index (χ0n) is 10.6. The highest BCUT2D eigenvalue weighted by molar-refractivity contribution is 7.99. The van der Waals surface area contributed by atoms with Crippen LogP contribution in [0.5, 0.6) is 0 Å². The van der Waals surface area contributed by atoms with Crippen molar-refractivity contribution in [3.63, 3.8) is 0 Å². The van der Waals surface area contributed by atoms with Crippen LogP contribution in [0.15, 0.2) is 29.2 Å². The first-order valence-electron chi connectivity index (χ1n) is 6.56. The van der Waals surface area contributed by atoms with Crippen LogP contribution < -0.4 is 0 Å². The molecule has 0 radical (unpaired) electrons. The second-order valence-corrected chi connectivity index (χ2v) is 6.81. The number of benzene rings is 1. The molecule has 1 aliphatic heterocycles. The molecule has 2 nitrogen and oxygen atoms in total. The molecule has 3 heteroatoms. The minimum atomic E-state index is -0.612. The summed E-state index contributed by atoms with van der Waals surface area (Å²) in [7, 11) is 0. The van der Waals surface area contributed by atoms with Crippen LogP contribution in [0.3, 0.4) is 0 Å². The van der Waals surface area contributed by atoms with E-state index in [0.29, 0.717) is 11.8 Å². The Hall–Kier alpha value is -0.960. The lowest BCUT2D eigenvalue weighted by Gasteiger charge is -2.28. The molecule has 0 amide bonds. The van der Waals surface area contributed by atoms with Crippen LogP contribution in [0, 0.1) is 11.3 Å². The van der Waals surface area contributed by atoms with E-state index >= 15 is 0 Å². The lowest BCUT2D eigenvalue weighted by Crippen LogP contribution is -2.32. The van der Waals surface area contributed by atoms with Crippen molar-refractivity contribution in [1.82, 2.24) is 0 Å². The Morgan fingerprint density at radius 2 is 2.17 bits per heavy atom. The number of hydrogen-bond acceptors (Lipinski definition) is 2. The van der Waals surface area contributed by atoms with Gasteiger partial charge in [0.05, 0.1) is 5.41 Å². The topological polar surface area (TPSA) is 37.3 Å². The molecule has 1 aromatic rings. The standard InChI is InChI=1S/C15H18O2S/c1-15(14(16)17,11-6-7-11)8-10-9-18-13-5-3-2-4-12(10)13/h2-5,10-11H,6-9H2,1H3,(H,16,17). The summed E-state index contributed by atoms with van der Waals surface area (Å²) < 4.78 is 0. The molecule has 2 aliphatic rings. The molecule has 18 heavy (non-hydrogen) atoms. The summed E-state index contributed by atoms with van der Waals surface area (Å²) in [6.07, 6.45) is 2.96. The number of fused-ring (bicyclic) bond motifs is 1. The molecule has 0 saturated heterocycles. The molecule has 1 N–H and O–H groups in total. The van der Waals surface area contributed by atoms with Crippen molar-refractivity contribution in [2.75, 3.05) is 5.75 Å². The number of carbonyl (C=O) groups is 1. The van der Waals surface area contributed by atoms with Crippen molar-refractivity contribution in [2.24, 2.45) is 11.3 Å². The second-order valence-electron chi connectivity index (χ2n) is 5.75. The molecule has 2 atom stereocenters. The average molecular weight is 262 g/mol. The van der Waals surface area contributed by atoms with Crippen LogP contribution in [0.2, 0.25) is 0 Å². The highest BCUT2D eigenvalue weighted by atomic mass is 32.2. The molecular formula is C15H18O2S. The van der Waals surface area contributed by atoms with Gasteiger partial charge in [0, 0.05) is 10.6 Å². The second kappa shape index (κ2) is 4.30. The maximum Gasteiger partial charge on any atom is 0.309 e. The summed E-state index contributed by atoms with van der Waals surface area (Å²) in [6.45, 7) is 1.94. The highest BCUT2D eigenvalue weighted by Gasteiger charge is 2.49. The molecule has 1 saturated carbocycles. The summed E-state index contributed by atoms with van der Waals surface area (Å²) in [6, 6.07) is 8.43. The van der Waals surface area contributed by atoms with E-state index in [1.54, 1.807) is 0 Å². The normalized spacial score (nSPS) is 25.5. The molecule has 0 bridgehead atoms. The van der Waals surface area contributed by atoms with E-state index in [4.69, 9.17) is 0 Å². The number of carboxylic acid groups (broad SMARTS) is 1. The maximum absolute atomic E-state index is 11.6. The lowest BCUT2D eigenvalue weighted by atomic mass is 9.75. The van der Waals surface area contributed by atoms with Gasteiger partial charge in [-0.05, 0) is 49.7 Å². The Kier molecular flexibility index (Phi) is 2.89. The quantitative estimate of drug-likeness (QED) is 0.897. The third kappa shape index (κ3) is 1.95. The van der Waals surface area contributed by atoms with E-state index in [9.17, 15) is 9.90 Å². The molecule has 96 valence electrons. The molecule has 0 aromatic heterocycles. The Morgan fingerprint density at radius 1 is 1.44 bits per heavy atom. The largest absolute Gasteiger partial charge is 0.481 e. The third-order valence-corrected chi connectivity index (χ3v) is 5.69. The number of thioether (sulfide) groups is 1. The van der Waals surface area contributed by atoms with Crippen LogP contribution in [-0.2, 0) is 4.79 Å². The predicted molar refractivity (Wildman–Crippen MR) is 73.0 cm³/mol. The fourth-order valence-corrected chi connectivity index (χ4v) is 4.31. The monoisotopic (exact) mass is 262 g/mol. The van der Waals surface area contributed by atoms with Gasteiger partial charge in [0.15, 0.2) is 0 Å². The van der Waals surface area contributed by atoms with E-state index in [2.05, 4.69) is 24.3 Å². The maximum atomic E-state index is 11.6. The Morgan fingerprint density at radius 3 is 2.83 bits per heavy atom. The summed E-state index contributed by atoms with van der Waals surface area (Å²) in [5, 5.41) is 9.54. The first kappa shape index (κ1) is 12.1. The predicted octanol–water partition coefficient (Wildman–Crippen LogP) is 3.77. The van der Waals surface area contributed by atoms with Crippen LogP contribution in [0.1, 0.15) is 37.7 Å². The van der Waals surface area contributed by atoms with Gasteiger partial charge in [0.25, 0.3) is 0 Å². The van der Waals surface area contributed by atoms with Crippen molar-refractivity contribution in [2.45, 2.75) is 37.0 Å². The van der Waals surface area contributed by atoms with E-state index in [-0.39, 0.29) is 0 Å². The van der Waals surface area contributed by atoms with Crippen molar-refractivity contribution < 1.29 is 9.90 Å². The lowest BCUT2D eigenvalue weighted by molar-refractivity contribution is -0.150. The number of rotatable bonds is 4. The van der Waals surface area contributed by atoms with Crippen molar-refractivity contribution in [3.05, 3.63) is 29.8 Å². The summed E-state index contributed by atoms with van der Waals surface area (Å²) in [5.74, 6) is 1.23. The molecule has 1 heterocycles. The Balaban J connectivity index is 1.83. The molecule has 1 aliphatic carbocycles. The fourth-order valence-electron chi connectivity index (χ4n) is 3.06. The van der Waals surface area contributed by atoms with Gasteiger partial charge in [-0.3, -0.25) is 4.79 Å². The number of hydrogen-bond donors (Lipinski definition) is 1. The molecule has 2 unspecified atom stereocenters. The minimum Gasteiger partial charge on any atom is -0.481 e. The van der Waals surface area contributed by atoms with Gasteiger partial charge in [0.1, 0.15) is 0 Å². The zero-order chi connectivity index (χ0) is 12.8. The Bertz CT molecular complexity index is 481. The van der Waals surface area contributed by atoms with Crippen LogP contribution >= 0.6 is 11.8 Å². The van der Waals surface area contributed by atoms with E-state index < -0.39 is 11.4 Å². The van der Waals surface area contributed by atoms with Gasteiger partial charge in [-0.15, -0.1) is 11.8 Å². The summed E-state index contributed by atoms with van der Waals surface area (Å²) in [5.41, 5.74) is 0.832. The van der Waals surface area contributed by atoms with Gasteiger partial charge in [-0.1, -0.05) is 18.2 Å². The molecule has 3 rings (SSSR count). The molecule has 1 aromatic carbocycles. The van der Waals surface area contributed by atoms with E-state index in [1.165, 1.54) is 10.5 Å². The third-order valence-electron chi connectivity index (χ3n) is 4.44. The van der Waals surface area contributed by atoms with Crippen LogP contribution in [0.4, 0.5) is 0 Å². The summed E-state index contributed by atoms with van der Waals surface area (Å²) >= 11 is 1.87. The van der Waals surface area contributed by atoms with E-state index in [1.807, 2.05) is 18.7 Å². The van der Waals surface area contributed by atoms with Gasteiger partial charge in [0.2, 0.25) is 0 Å². The smallest absolute Gasteiger partial charge is 0.309 e. The minimum absolute atomic E-state index is 0.396. The first-order valence-corrected chi connectivity index (χ1v) is 7.55. The number of carboxylic acids is 1. The molecular weight excluding hydrogens is 244 g/mol. The number of aliphatic carboxylic acids is 1. The fraction of sp³-hybridized carbons (Fsp3) is 0.533. The first-order chi connectivity index (χ1) is 8.61. The summed E-state index contributed by atoms with van der Waals surface area (Å²) in [4.78, 5) is 12.9. The van der Waals surface area contributed by atoms with Gasteiger partial charge < -0.3 is 5.11 Å². The molecule has 1 fully saturated rings. The van der Waals surface area contributed by atoms with Crippen molar-refractivity contribution >= 4 is 17.7 Å². The zero-order valence-corrected chi connectivity index (χ0v) is 11.4. The Labute approximate surface area is 112 Å². The SMILES string of the molecule is CC(CC1CSc2ccccc21)(C(=O)O)C1CC1. The van der Waals surface area contributed by atoms with Crippen LogP contribution in [0.25, 0.3) is 0 Å². The van der Waals surface area contributed by atoms with Gasteiger partial charge >= 0.3 is 5.97 Å². The van der Waals surface area contributed by atoms with Gasteiger partial charge in [-0.2, -0.15) is 0 Å². The van der Waals surface area contributed by atoms with Crippen LogP contribution in [-0.4, -0.2) is 16.8 Å². The average Bonchev–Trinajstić information content (AvgIpc) is 3.14. The van der Waals surface area contributed by atoms with Crippen molar-refractivity contribution in [1.29, 1.82) is 0 Å².